The van der Waals surface area contributed by atoms with Gasteiger partial charge in [0.25, 0.3) is 0 Å². The topological polar surface area (TPSA) is 59.0 Å². The first-order valence-electron chi connectivity index (χ1n) is 5.26. The molecule has 3 nitrogen and oxygen atoms in total. The molecule has 84 valence electrons. The third-order valence-corrected chi connectivity index (χ3v) is 2.41. The van der Waals surface area contributed by atoms with Crippen molar-refractivity contribution in [3.63, 3.8) is 0 Å². The van der Waals surface area contributed by atoms with Gasteiger partial charge in [0, 0.05) is 11.3 Å². The van der Waals surface area contributed by atoms with Crippen molar-refractivity contribution in [1.29, 1.82) is 5.26 Å². The maximum absolute atomic E-state index is 8.93. The number of hydrogen-bond acceptors (Lipinski definition) is 3. The lowest BCUT2D eigenvalue weighted by Crippen LogP contribution is -1.98. The van der Waals surface area contributed by atoms with Crippen LogP contribution >= 0.6 is 0 Å². The Labute approximate surface area is 100 Å². The molecule has 0 aliphatic rings. The van der Waals surface area contributed by atoms with E-state index >= 15 is 0 Å². The molecule has 0 unspecified atom stereocenters. The zero-order valence-corrected chi connectivity index (χ0v) is 9.26. The Bertz CT molecular complexity index is 541. The van der Waals surface area contributed by atoms with Gasteiger partial charge in [0.15, 0.2) is 0 Å². The van der Waals surface area contributed by atoms with Crippen LogP contribution in [0.4, 0.5) is 5.69 Å². The Morgan fingerprint density at radius 1 is 1.06 bits per heavy atom. The van der Waals surface area contributed by atoms with Crippen LogP contribution in [0.1, 0.15) is 11.1 Å². The van der Waals surface area contributed by atoms with E-state index in [1.165, 1.54) is 0 Å². The normalized spacial score (nSPS) is 9.59. The SMILES string of the molecule is N#Cc1ccccc1COc1ccc(N)cc1. The van der Waals surface area contributed by atoms with Crippen molar-refractivity contribution >= 4 is 5.69 Å². The number of nitriles is 1. The maximum atomic E-state index is 8.93. The molecule has 2 N–H and O–H groups in total. The quantitative estimate of drug-likeness (QED) is 0.815. The summed E-state index contributed by atoms with van der Waals surface area (Å²) >= 11 is 0. The highest BCUT2D eigenvalue weighted by molar-refractivity contribution is 5.42. The molecule has 0 aliphatic carbocycles. The van der Waals surface area contributed by atoms with Gasteiger partial charge in [-0.05, 0) is 30.3 Å². The summed E-state index contributed by atoms with van der Waals surface area (Å²) in [5, 5.41) is 8.93. The number of nitrogen functional groups attached to an aromatic ring is 1. The first-order chi connectivity index (χ1) is 8.29. The van der Waals surface area contributed by atoms with E-state index in [9.17, 15) is 0 Å². The van der Waals surface area contributed by atoms with E-state index in [4.69, 9.17) is 15.7 Å². The first kappa shape index (κ1) is 11.0. The highest BCUT2D eigenvalue weighted by Gasteiger charge is 2.01. The van der Waals surface area contributed by atoms with Gasteiger partial charge in [-0.1, -0.05) is 18.2 Å². The number of ether oxygens (including phenoxy) is 1. The van der Waals surface area contributed by atoms with Crippen LogP contribution in [0.15, 0.2) is 48.5 Å². The number of benzene rings is 2. The smallest absolute Gasteiger partial charge is 0.119 e. The van der Waals surface area contributed by atoms with Crippen LogP contribution in [0.25, 0.3) is 0 Å². The summed E-state index contributed by atoms with van der Waals surface area (Å²) in [6, 6.07) is 16.7. The molecule has 0 radical (unpaired) electrons. The summed E-state index contributed by atoms with van der Waals surface area (Å²) in [5.74, 6) is 0.743. The van der Waals surface area contributed by atoms with Gasteiger partial charge in [-0.25, -0.2) is 0 Å². The van der Waals surface area contributed by atoms with Gasteiger partial charge in [0.1, 0.15) is 12.4 Å². The molecule has 2 aromatic carbocycles. The van der Waals surface area contributed by atoms with Crippen LogP contribution in [0, 0.1) is 11.3 Å². The van der Waals surface area contributed by atoms with Crippen LogP contribution in [0.3, 0.4) is 0 Å². The van der Waals surface area contributed by atoms with Crippen molar-refractivity contribution in [2.24, 2.45) is 0 Å². The molecule has 2 aromatic rings. The molecule has 0 spiro atoms. The zero-order chi connectivity index (χ0) is 12.1. The minimum Gasteiger partial charge on any atom is -0.489 e. The Morgan fingerprint density at radius 2 is 1.76 bits per heavy atom. The number of rotatable bonds is 3. The van der Waals surface area contributed by atoms with Crippen molar-refractivity contribution in [3.05, 3.63) is 59.7 Å². The molecule has 17 heavy (non-hydrogen) atoms. The van der Waals surface area contributed by atoms with E-state index in [1.54, 1.807) is 18.2 Å². The Morgan fingerprint density at radius 3 is 2.47 bits per heavy atom. The molecule has 0 fully saturated rings. The van der Waals surface area contributed by atoms with Gasteiger partial charge in [-0.15, -0.1) is 0 Å². The van der Waals surface area contributed by atoms with Gasteiger partial charge >= 0.3 is 0 Å². The van der Waals surface area contributed by atoms with E-state index in [-0.39, 0.29) is 0 Å². The largest absolute Gasteiger partial charge is 0.489 e. The van der Waals surface area contributed by atoms with Gasteiger partial charge in [0.2, 0.25) is 0 Å². The third kappa shape index (κ3) is 2.76. The molecular weight excluding hydrogens is 212 g/mol. The second kappa shape index (κ2) is 5.04. The van der Waals surface area contributed by atoms with Crippen molar-refractivity contribution in [2.75, 3.05) is 5.73 Å². The molecule has 3 heteroatoms. The molecule has 0 saturated heterocycles. The maximum Gasteiger partial charge on any atom is 0.119 e. The predicted octanol–water partition coefficient (Wildman–Crippen LogP) is 2.72. The fourth-order valence-electron chi connectivity index (χ4n) is 1.48. The summed E-state index contributed by atoms with van der Waals surface area (Å²) in [6.45, 7) is 0.383. The van der Waals surface area contributed by atoms with E-state index in [0.717, 1.165) is 11.3 Å². The predicted molar refractivity (Wildman–Crippen MR) is 66.3 cm³/mol. The van der Waals surface area contributed by atoms with Crippen molar-refractivity contribution in [3.8, 4) is 11.8 Å². The molecule has 0 aliphatic heterocycles. The molecule has 2 rings (SSSR count). The first-order valence-corrected chi connectivity index (χ1v) is 5.26. The van der Waals surface area contributed by atoms with Crippen LogP contribution in [0.5, 0.6) is 5.75 Å². The molecular formula is C14H12N2O. The molecule has 0 saturated carbocycles. The average molecular weight is 224 g/mol. The fraction of sp³-hybridized carbons (Fsp3) is 0.0714. The van der Waals surface area contributed by atoms with Crippen molar-refractivity contribution in [2.45, 2.75) is 6.61 Å². The van der Waals surface area contributed by atoms with Crippen molar-refractivity contribution in [1.82, 2.24) is 0 Å². The van der Waals surface area contributed by atoms with Gasteiger partial charge in [-0.3, -0.25) is 0 Å². The van der Waals surface area contributed by atoms with Gasteiger partial charge in [-0.2, -0.15) is 5.26 Å². The molecule has 0 atom stereocenters. The average Bonchev–Trinajstić information content (AvgIpc) is 2.38. The molecule has 0 heterocycles. The monoisotopic (exact) mass is 224 g/mol. The highest BCUT2D eigenvalue weighted by Crippen LogP contribution is 2.16. The number of hydrogen-bond donors (Lipinski definition) is 1. The van der Waals surface area contributed by atoms with Gasteiger partial charge < -0.3 is 10.5 Å². The fourth-order valence-corrected chi connectivity index (χ4v) is 1.48. The van der Waals surface area contributed by atoms with E-state index < -0.39 is 0 Å². The lowest BCUT2D eigenvalue weighted by molar-refractivity contribution is 0.306. The number of anilines is 1. The number of nitrogens with two attached hydrogens (primary N) is 1. The highest BCUT2D eigenvalue weighted by atomic mass is 16.5. The Kier molecular flexibility index (Phi) is 3.27. The summed E-state index contributed by atoms with van der Waals surface area (Å²) in [7, 11) is 0. The lowest BCUT2D eigenvalue weighted by Gasteiger charge is -2.07. The molecule has 0 amide bonds. The second-order valence-electron chi connectivity index (χ2n) is 3.63. The minimum absolute atomic E-state index is 0.383. The Balaban J connectivity index is 2.08. The van der Waals surface area contributed by atoms with Crippen LogP contribution < -0.4 is 10.5 Å². The van der Waals surface area contributed by atoms with E-state index in [1.807, 2.05) is 30.3 Å². The van der Waals surface area contributed by atoms with E-state index in [0.29, 0.717) is 17.9 Å². The van der Waals surface area contributed by atoms with E-state index in [2.05, 4.69) is 6.07 Å². The summed E-state index contributed by atoms with van der Waals surface area (Å²) < 4.78 is 5.58. The summed E-state index contributed by atoms with van der Waals surface area (Å²) in [6.07, 6.45) is 0. The van der Waals surface area contributed by atoms with Gasteiger partial charge in [0.05, 0.1) is 11.6 Å². The second-order valence-corrected chi connectivity index (χ2v) is 3.63. The molecule has 0 aromatic heterocycles. The van der Waals surface area contributed by atoms with Crippen LogP contribution in [0.2, 0.25) is 0 Å². The van der Waals surface area contributed by atoms with Crippen molar-refractivity contribution < 1.29 is 4.74 Å². The standard InChI is InChI=1S/C14H12N2O/c15-9-11-3-1-2-4-12(11)10-17-14-7-5-13(16)6-8-14/h1-8H,10,16H2. The summed E-state index contributed by atoms with van der Waals surface area (Å²) in [5.41, 5.74) is 7.81. The summed E-state index contributed by atoms with van der Waals surface area (Å²) in [4.78, 5) is 0. The van der Waals surface area contributed by atoms with Crippen LogP contribution in [-0.2, 0) is 6.61 Å². The lowest BCUT2D eigenvalue weighted by atomic mass is 10.1. The zero-order valence-electron chi connectivity index (χ0n) is 9.26. The minimum atomic E-state index is 0.383. The number of nitrogens with zero attached hydrogens (tertiary/aromatic N) is 1. The molecule has 0 bridgehead atoms. The Hall–Kier alpha value is -2.47. The van der Waals surface area contributed by atoms with Crippen LogP contribution in [-0.4, -0.2) is 0 Å². The third-order valence-electron chi connectivity index (χ3n) is 2.41.